The van der Waals surface area contributed by atoms with E-state index in [1.165, 1.54) is 10.5 Å². The summed E-state index contributed by atoms with van der Waals surface area (Å²) >= 11 is -1.83. The summed E-state index contributed by atoms with van der Waals surface area (Å²) in [5.41, 5.74) is 0. The van der Waals surface area contributed by atoms with Gasteiger partial charge >= 0.3 is 122 Å². The minimum atomic E-state index is -1.83. The van der Waals surface area contributed by atoms with Crippen LogP contribution in [0.4, 0.5) is 0 Å². The van der Waals surface area contributed by atoms with Crippen LogP contribution in [0.3, 0.4) is 0 Å². The zero-order chi connectivity index (χ0) is 14.9. The molecule has 0 atom stereocenters. The van der Waals surface area contributed by atoms with Crippen molar-refractivity contribution in [2.75, 3.05) is 0 Å². The SMILES string of the molecule is [C-]#N.[I-].c1cc[c]([Sb]([c]2ccccc2)[c]2ccccc2)cc1. The maximum atomic E-state index is 6.25. The molecule has 0 bridgehead atoms. The molecule has 3 rings (SSSR count). The second kappa shape index (κ2) is 10.4. The molecule has 0 aliphatic heterocycles. The van der Waals surface area contributed by atoms with E-state index in [9.17, 15) is 0 Å². The molecule has 3 heteroatoms. The van der Waals surface area contributed by atoms with Gasteiger partial charge in [0.2, 0.25) is 0 Å². The maximum absolute atomic E-state index is 6.25. The Morgan fingerprint density at radius 1 is 0.500 bits per heavy atom. The Bertz CT molecular complexity index is 575. The number of benzene rings is 3. The minimum absolute atomic E-state index is 0. The summed E-state index contributed by atoms with van der Waals surface area (Å²) in [4.78, 5) is 0. The van der Waals surface area contributed by atoms with Crippen molar-refractivity contribution in [1.82, 2.24) is 0 Å². The van der Waals surface area contributed by atoms with Crippen LogP contribution in [0.2, 0.25) is 0 Å². The van der Waals surface area contributed by atoms with E-state index in [0.717, 1.165) is 0 Å². The van der Waals surface area contributed by atoms with Gasteiger partial charge in [0.25, 0.3) is 0 Å². The van der Waals surface area contributed by atoms with Crippen LogP contribution in [0.15, 0.2) is 91.0 Å². The fraction of sp³-hybridized carbons (Fsp3) is 0. The molecule has 0 N–H and O–H groups in total. The van der Waals surface area contributed by atoms with E-state index in [1.54, 1.807) is 0 Å². The van der Waals surface area contributed by atoms with Crippen molar-refractivity contribution in [3.8, 4) is 0 Å². The predicted octanol–water partition coefficient (Wildman–Crippen LogP) is -0.697. The molecule has 0 fully saturated rings. The predicted molar refractivity (Wildman–Crippen MR) is 89.0 cm³/mol. The molecule has 1 nitrogen and oxygen atoms in total. The molecule has 3 aromatic rings. The zero-order valence-electron chi connectivity index (χ0n) is 11.9. The van der Waals surface area contributed by atoms with Crippen LogP contribution in [-0.2, 0) is 0 Å². The van der Waals surface area contributed by atoms with Crippen molar-refractivity contribution in [2.45, 2.75) is 0 Å². The van der Waals surface area contributed by atoms with Crippen LogP contribution >= 0.6 is 0 Å². The molecule has 0 spiro atoms. The fourth-order valence-electron chi connectivity index (χ4n) is 2.18. The first-order chi connectivity index (χ1) is 10.4. The topological polar surface area (TPSA) is 23.8 Å². The zero-order valence-corrected chi connectivity index (χ0v) is 16.6. The molecule has 3 aromatic carbocycles. The average Bonchev–Trinajstić information content (AvgIpc) is 2.60. The van der Waals surface area contributed by atoms with Gasteiger partial charge < -0.3 is 35.8 Å². The van der Waals surface area contributed by atoms with Crippen molar-refractivity contribution in [3.63, 3.8) is 0 Å². The molecule has 0 saturated heterocycles. The Hall–Kier alpha value is -1.30. The van der Waals surface area contributed by atoms with Gasteiger partial charge in [-0.05, 0) is 0 Å². The summed E-state index contributed by atoms with van der Waals surface area (Å²) in [6.07, 6.45) is 0. The quantitative estimate of drug-likeness (QED) is 0.262. The van der Waals surface area contributed by atoms with Crippen molar-refractivity contribution in [3.05, 3.63) is 97.6 Å². The Labute approximate surface area is 156 Å². The third-order valence-corrected chi connectivity index (χ3v) is 10.0. The van der Waals surface area contributed by atoms with Gasteiger partial charge in [-0.1, -0.05) is 0 Å². The summed E-state index contributed by atoms with van der Waals surface area (Å²) in [5.74, 6) is 0. The molecule has 0 heterocycles. The summed E-state index contributed by atoms with van der Waals surface area (Å²) in [7, 11) is 0. The van der Waals surface area contributed by atoms with Gasteiger partial charge in [-0.3, -0.25) is 0 Å². The van der Waals surface area contributed by atoms with Crippen LogP contribution in [0.25, 0.3) is 0 Å². The van der Waals surface area contributed by atoms with Crippen LogP contribution in [0.1, 0.15) is 0 Å². The monoisotopic (exact) mass is 505 g/mol. The summed E-state index contributed by atoms with van der Waals surface area (Å²) in [6.45, 7) is 4.75. The second-order valence-electron chi connectivity index (χ2n) is 4.34. The molecule has 0 aliphatic carbocycles. The van der Waals surface area contributed by atoms with Gasteiger partial charge in [0.05, 0.1) is 0 Å². The molecule has 22 heavy (non-hydrogen) atoms. The van der Waals surface area contributed by atoms with E-state index in [-0.39, 0.29) is 24.0 Å². The van der Waals surface area contributed by atoms with Gasteiger partial charge in [0.1, 0.15) is 0 Å². The molecular formula is C19H15INSb-2. The third-order valence-electron chi connectivity index (χ3n) is 3.04. The Kier molecular flexibility index (Phi) is 8.89. The number of hydrogen-bond acceptors (Lipinski definition) is 1. The number of halogens is 1. The van der Waals surface area contributed by atoms with E-state index >= 15 is 0 Å². The molecule has 0 unspecified atom stereocenters. The number of hydrogen-bond donors (Lipinski definition) is 0. The summed E-state index contributed by atoms with van der Waals surface area (Å²) in [6, 6.07) is 32.9. The standard InChI is InChI=1S/3C6H5.CN.HI.Sb/c3*1-2-4-6-5-3-1;1-2;;/h3*1-5H;;1H;/q;;;-1;;/p-1. The molecule has 110 valence electrons. The molecular weight excluding hydrogens is 491 g/mol. The average molecular weight is 506 g/mol. The Morgan fingerprint density at radius 2 is 0.727 bits per heavy atom. The van der Waals surface area contributed by atoms with Crippen molar-refractivity contribution in [1.29, 1.82) is 5.26 Å². The van der Waals surface area contributed by atoms with Crippen LogP contribution in [0.5, 0.6) is 0 Å². The number of rotatable bonds is 3. The van der Waals surface area contributed by atoms with Crippen molar-refractivity contribution in [2.24, 2.45) is 0 Å². The van der Waals surface area contributed by atoms with Crippen molar-refractivity contribution >= 4 is 30.7 Å². The molecule has 0 saturated carbocycles. The first kappa shape index (κ1) is 18.7. The van der Waals surface area contributed by atoms with Crippen molar-refractivity contribution < 1.29 is 24.0 Å². The van der Waals surface area contributed by atoms with Gasteiger partial charge in [-0.25, -0.2) is 0 Å². The van der Waals surface area contributed by atoms with Gasteiger partial charge in [-0.15, -0.1) is 0 Å². The summed E-state index contributed by atoms with van der Waals surface area (Å²) < 4.78 is 4.55. The Balaban J connectivity index is 0.000000775. The second-order valence-corrected chi connectivity index (χ2v) is 10.7. The first-order valence-corrected chi connectivity index (χ1v) is 10.5. The van der Waals surface area contributed by atoms with Crippen LogP contribution in [0, 0.1) is 11.8 Å². The molecule has 0 aliphatic rings. The van der Waals surface area contributed by atoms with Crippen LogP contribution in [-0.4, -0.2) is 20.2 Å². The van der Waals surface area contributed by atoms with Gasteiger partial charge in [0.15, 0.2) is 0 Å². The van der Waals surface area contributed by atoms with E-state index in [1.807, 2.05) is 0 Å². The van der Waals surface area contributed by atoms with Gasteiger partial charge in [0, 0.05) is 0 Å². The van der Waals surface area contributed by atoms with E-state index in [2.05, 4.69) is 91.0 Å². The molecule has 0 aromatic heterocycles. The normalized spacial score (nSPS) is 9.23. The molecule has 0 radical (unpaired) electrons. The van der Waals surface area contributed by atoms with E-state index in [4.69, 9.17) is 11.8 Å². The molecule has 0 amide bonds. The van der Waals surface area contributed by atoms with Crippen LogP contribution < -0.4 is 34.5 Å². The third kappa shape index (κ3) is 4.86. The van der Waals surface area contributed by atoms with E-state index < -0.39 is 20.2 Å². The Morgan fingerprint density at radius 3 is 0.955 bits per heavy atom. The fourth-order valence-corrected chi connectivity index (χ4v) is 8.76. The number of nitrogens with zero attached hydrogens (tertiary/aromatic N) is 1. The first-order valence-electron chi connectivity index (χ1n) is 6.63. The summed E-state index contributed by atoms with van der Waals surface area (Å²) in [5, 5.41) is 6.25. The van der Waals surface area contributed by atoms with E-state index in [0.29, 0.717) is 0 Å². The van der Waals surface area contributed by atoms with Gasteiger partial charge in [-0.2, -0.15) is 0 Å².